The van der Waals surface area contributed by atoms with Crippen LogP contribution in [0.3, 0.4) is 0 Å². The summed E-state index contributed by atoms with van der Waals surface area (Å²) in [6, 6.07) is 0. The molecule has 0 saturated heterocycles. The molecule has 1 unspecified atom stereocenters. The van der Waals surface area contributed by atoms with E-state index in [1.54, 1.807) is 0 Å². The number of carbonyl (C=O) groups is 3. The van der Waals surface area contributed by atoms with Gasteiger partial charge in [0.15, 0.2) is 6.10 Å². The van der Waals surface area contributed by atoms with Crippen LogP contribution in [-0.2, 0) is 28.6 Å². The molecule has 0 aromatic carbocycles. The lowest BCUT2D eigenvalue weighted by Crippen LogP contribution is -2.30. The third-order valence-electron chi connectivity index (χ3n) is 14.7. The lowest BCUT2D eigenvalue weighted by molar-refractivity contribution is -0.167. The summed E-state index contributed by atoms with van der Waals surface area (Å²) in [5.41, 5.74) is 0. The van der Waals surface area contributed by atoms with Crippen LogP contribution in [0.2, 0.25) is 0 Å². The summed E-state index contributed by atoms with van der Waals surface area (Å²) < 4.78 is 17.0. The first kappa shape index (κ1) is 77.1. The largest absolute Gasteiger partial charge is 0.462 e. The van der Waals surface area contributed by atoms with Gasteiger partial charge in [-0.2, -0.15) is 0 Å². The predicted octanol–water partition coefficient (Wildman–Crippen LogP) is 23.8. The second-order valence-electron chi connectivity index (χ2n) is 22.7. The zero-order chi connectivity index (χ0) is 58.5. The Kier molecular flexibility index (Phi) is 65.2. The fraction of sp³-hybridized carbons (Fsp3) is 0.720. The van der Waals surface area contributed by atoms with Crippen LogP contribution in [0, 0.1) is 0 Å². The van der Waals surface area contributed by atoms with E-state index in [1.807, 2.05) is 0 Å². The first-order valence-electron chi connectivity index (χ1n) is 34.4. The van der Waals surface area contributed by atoms with Crippen LogP contribution in [0.1, 0.15) is 329 Å². The van der Waals surface area contributed by atoms with Gasteiger partial charge in [-0.3, -0.25) is 14.4 Å². The molecule has 0 saturated carbocycles. The molecule has 0 aliphatic rings. The Morgan fingerprint density at radius 3 is 0.802 bits per heavy atom. The second kappa shape index (κ2) is 68.6. The first-order chi connectivity index (χ1) is 40.0. The van der Waals surface area contributed by atoms with E-state index in [4.69, 9.17) is 14.2 Å². The lowest BCUT2D eigenvalue weighted by atomic mass is 10.0. The topological polar surface area (TPSA) is 78.9 Å². The molecule has 0 spiro atoms. The molecule has 0 rings (SSSR count). The quantitative estimate of drug-likeness (QED) is 0.0261. The summed E-state index contributed by atoms with van der Waals surface area (Å²) in [6.07, 6.45) is 93.9. The summed E-state index contributed by atoms with van der Waals surface area (Å²) >= 11 is 0. The number of ether oxygens (including phenoxy) is 3. The van der Waals surface area contributed by atoms with Crippen molar-refractivity contribution in [3.8, 4) is 0 Å². The average Bonchev–Trinajstić information content (AvgIpc) is 3.46. The Balaban J connectivity index is 4.31. The number of allylic oxidation sites excluding steroid dienone is 18. The van der Waals surface area contributed by atoms with Crippen molar-refractivity contribution < 1.29 is 28.6 Å². The van der Waals surface area contributed by atoms with Gasteiger partial charge in [0, 0.05) is 19.3 Å². The number of esters is 3. The van der Waals surface area contributed by atoms with Crippen molar-refractivity contribution in [2.75, 3.05) is 13.2 Å². The van der Waals surface area contributed by atoms with Crippen LogP contribution < -0.4 is 0 Å². The van der Waals surface area contributed by atoms with E-state index in [0.717, 1.165) is 128 Å². The summed E-state index contributed by atoms with van der Waals surface area (Å²) in [6.45, 7) is 6.47. The molecule has 0 bridgehead atoms. The van der Waals surface area contributed by atoms with Crippen molar-refractivity contribution in [1.29, 1.82) is 0 Å². The highest BCUT2D eigenvalue weighted by molar-refractivity contribution is 5.71. The molecule has 0 aromatic heterocycles. The highest BCUT2D eigenvalue weighted by Gasteiger charge is 2.19. The van der Waals surface area contributed by atoms with Gasteiger partial charge in [-0.1, -0.05) is 297 Å². The summed E-state index contributed by atoms with van der Waals surface area (Å²) in [5, 5.41) is 0. The van der Waals surface area contributed by atoms with E-state index in [-0.39, 0.29) is 31.1 Å². The van der Waals surface area contributed by atoms with Gasteiger partial charge >= 0.3 is 17.9 Å². The van der Waals surface area contributed by atoms with Gasteiger partial charge in [0.2, 0.25) is 0 Å². The molecule has 0 N–H and O–H groups in total. The third-order valence-corrected chi connectivity index (χ3v) is 14.7. The first-order valence-corrected chi connectivity index (χ1v) is 34.4. The summed E-state index contributed by atoms with van der Waals surface area (Å²) in [5.74, 6) is -0.894. The highest BCUT2D eigenvalue weighted by Crippen LogP contribution is 2.17. The molecule has 0 aromatic rings. The zero-order valence-corrected chi connectivity index (χ0v) is 53.3. The van der Waals surface area contributed by atoms with E-state index in [0.29, 0.717) is 19.3 Å². The van der Waals surface area contributed by atoms with Gasteiger partial charge in [-0.05, 0) is 122 Å². The molecule has 0 heterocycles. The van der Waals surface area contributed by atoms with Crippen molar-refractivity contribution in [1.82, 2.24) is 0 Å². The van der Waals surface area contributed by atoms with E-state index in [2.05, 4.69) is 130 Å². The zero-order valence-electron chi connectivity index (χ0n) is 53.3. The van der Waals surface area contributed by atoms with E-state index < -0.39 is 6.10 Å². The minimum absolute atomic E-state index is 0.0848. The Morgan fingerprint density at radius 2 is 0.506 bits per heavy atom. The number of carbonyl (C=O) groups excluding carboxylic acids is 3. The maximum atomic E-state index is 13.0. The summed E-state index contributed by atoms with van der Waals surface area (Å²) in [7, 11) is 0. The van der Waals surface area contributed by atoms with Crippen LogP contribution in [0.15, 0.2) is 109 Å². The fourth-order valence-electron chi connectivity index (χ4n) is 9.60. The molecule has 1 atom stereocenters. The van der Waals surface area contributed by atoms with Crippen LogP contribution in [0.5, 0.6) is 0 Å². The van der Waals surface area contributed by atoms with Crippen molar-refractivity contribution in [3.05, 3.63) is 109 Å². The van der Waals surface area contributed by atoms with Gasteiger partial charge in [-0.25, -0.2) is 0 Å². The molecule has 6 heteroatoms. The average molecular weight is 1130 g/mol. The molecule has 0 amide bonds. The normalized spacial score (nSPS) is 12.8. The molecular formula is C75H128O6. The Labute approximate surface area is 501 Å². The van der Waals surface area contributed by atoms with Gasteiger partial charge in [0.1, 0.15) is 13.2 Å². The number of hydrogen-bond acceptors (Lipinski definition) is 6. The van der Waals surface area contributed by atoms with Crippen LogP contribution in [-0.4, -0.2) is 37.2 Å². The van der Waals surface area contributed by atoms with Crippen LogP contribution in [0.25, 0.3) is 0 Å². The van der Waals surface area contributed by atoms with Crippen LogP contribution >= 0.6 is 0 Å². The molecule has 0 fully saturated rings. The van der Waals surface area contributed by atoms with Crippen molar-refractivity contribution in [2.24, 2.45) is 0 Å². The minimum Gasteiger partial charge on any atom is -0.462 e. The number of unbranched alkanes of at least 4 members (excludes halogenated alkanes) is 33. The Bertz CT molecular complexity index is 1620. The molecule has 6 nitrogen and oxygen atoms in total. The Hall–Kier alpha value is -3.93. The van der Waals surface area contributed by atoms with Crippen LogP contribution in [0.4, 0.5) is 0 Å². The number of hydrogen-bond donors (Lipinski definition) is 0. The predicted molar refractivity (Wildman–Crippen MR) is 353 cm³/mol. The monoisotopic (exact) mass is 1120 g/mol. The molecular weight excluding hydrogens is 997 g/mol. The fourth-order valence-corrected chi connectivity index (χ4v) is 9.60. The molecule has 0 aliphatic carbocycles. The Morgan fingerprint density at radius 1 is 0.259 bits per heavy atom. The van der Waals surface area contributed by atoms with Gasteiger partial charge in [-0.15, -0.1) is 0 Å². The molecule has 464 valence electrons. The van der Waals surface area contributed by atoms with E-state index in [9.17, 15) is 14.4 Å². The maximum absolute atomic E-state index is 13.0. The van der Waals surface area contributed by atoms with Gasteiger partial charge in [0.05, 0.1) is 0 Å². The van der Waals surface area contributed by atoms with Gasteiger partial charge in [0.25, 0.3) is 0 Å². The van der Waals surface area contributed by atoms with Crippen molar-refractivity contribution in [2.45, 2.75) is 335 Å². The molecule has 0 aliphatic heterocycles. The highest BCUT2D eigenvalue weighted by atomic mass is 16.6. The van der Waals surface area contributed by atoms with E-state index >= 15 is 0 Å². The third kappa shape index (κ3) is 66.8. The lowest BCUT2D eigenvalue weighted by Gasteiger charge is -2.18. The standard InChI is InChI=1S/C75H128O6/c1-4-7-10-13-16-19-22-25-27-29-31-33-35-37-39-41-43-45-47-50-53-56-59-62-65-68-74(77)80-71-72(70-79-73(76)67-64-61-58-55-52-49-24-21-18-15-12-9-6-3)81-75(78)69-66-63-60-57-54-51-48-46-44-42-40-38-36-34-32-30-28-26-23-20-17-14-11-8-5-2/h7,10,12,15-16,19,21,23-27,30-33,36,38,72H,4-6,8-9,11,13-14,17-18,20,22,28-29,34-35,37,39-71H2,1-3H3/b10-7-,15-12-,19-16-,24-21-,26-23-,27-25-,32-30-,33-31-,38-36-. The van der Waals surface area contributed by atoms with Gasteiger partial charge < -0.3 is 14.2 Å². The minimum atomic E-state index is -0.790. The SMILES string of the molecule is CC/C=C\C/C=C\C/C=C\C/C=C\CCCCCCCCCCCCCCC(=O)OCC(COC(=O)CCCCCCC/C=C\C/C=C\CCC)OC(=O)CCCCCCCCCCCC/C=C\C/C=C\C/C=C\CCCCCCC. The van der Waals surface area contributed by atoms with Crippen molar-refractivity contribution >= 4 is 17.9 Å². The second-order valence-corrected chi connectivity index (χ2v) is 22.7. The smallest absolute Gasteiger partial charge is 0.306 e. The maximum Gasteiger partial charge on any atom is 0.306 e. The molecule has 81 heavy (non-hydrogen) atoms. The number of rotatable bonds is 62. The summed E-state index contributed by atoms with van der Waals surface area (Å²) in [4.78, 5) is 38.4. The van der Waals surface area contributed by atoms with E-state index in [1.165, 1.54) is 161 Å². The van der Waals surface area contributed by atoms with Crippen molar-refractivity contribution in [3.63, 3.8) is 0 Å². The molecule has 0 radical (unpaired) electrons.